The molecule has 0 bridgehead atoms. The van der Waals surface area contributed by atoms with E-state index in [0.717, 1.165) is 12.8 Å². The zero-order valence-electron chi connectivity index (χ0n) is 11.0. The second-order valence-corrected chi connectivity index (χ2v) is 5.22. The third-order valence-corrected chi connectivity index (χ3v) is 3.27. The highest BCUT2D eigenvalue weighted by Crippen LogP contribution is 2.21. The van der Waals surface area contributed by atoms with Gasteiger partial charge >= 0.3 is 0 Å². The zero-order valence-corrected chi connectivity index (χ0v) is 11.8. The van der Waals surface area contributed by atoms with Crippen LogP contribution in [0.15, 0.2) is 18.2 Å². The average molecular weight is 270 g/mol. The Morgan fingerprint density at radius 3 is 2.72 bits per heavy atom. The number of phenols is 1. The number of carbonyl (C=O) groups is 1. The lowest BCUT2D eigenvalue weighted by Gasteiger charge is -2.17. The molecule has 0 aliphatic heterocycles. The Kier molecular flexibility index (Phi) is 5.48. The fourth-order valence-corrected chi connectivity index (χ4v) is 1.99. The molecule has 2 N–H and O–H groups in total. The molecule has 1 rings (SSSR count). The molecule has 4 heteroatoms. The summed E-state index contributed by atoms with van der Waals surface area (Å²) in [6, 6.07) is 4.53. The van der Waals surface area contributed by atoms with Crippen molar-refractivity contribution in [1.29, 1.82) is 0 Å². The summed E-state index contributed by atoms with van der Waals surface area (Å²) in [4.78, 5) is 12.0. The molecule has 18 heavy (non-hydrogen) atoms. The lowest BCUT2D eigenvalue weighted by molar-refractivity contribution is 0.0932. The molecule has 0 saturated heterocycles. The fraction of sp³-hybridized carbons (Fsp3) is 0.500. The number of amides is 1. The molecule has 0 saturated carbocycles. The number of hydrogen-bond acceptors (Lipinski definition) is 2. The average Bonchev–Trinajstić information content (AvgIpc) is 2.31. The summed E-state index contributed by atoms with van der Waals surface area (Å²) in [5, 5.41) is 12.9. The van der Waals surface area contributed by atoms with Crippen molar-refractivity contribution in [2.24, 2.45) is 5.92 Å². The largest absolute Gasteiger partial charge is 0.507 e. The van der Waals surface area contributed by atoms with Crippen LogP contribution in [0.5, 0.6) is 5.75 Å². The summed E-state index contributed by atoms with van der Waals surface area (Å²) in [5.74, 6) is 0.228. The van der Waals surface area contributed by atoms with Crippen molar-refractivity contribution >= 4 is 17.5 Å². The SMILES string of the molecule is CCC(C)CC(C)NC(=O)c1cc(Cl)ccc1O. The van der Waals surface area contributed by atoms with E-state index in [2.05, 4.69) is 19.2 Å². The summed E-state index contributed by atoms with van der Waals surface area (Å²) in [6.45, 7) is 6.24. The van der Waals surface area contributed by atoms with Crippen molar-refractivity contribution in [3.8, 4) is 5.75 Å². The van der Waals surface area contributed by atoms with Gasteiger partial charge in [-0.1, -0.05) is 31.9 Å². The Hall–Kier alpha value is -1.22. The highest BCUT2D eigenvalue weighted by molar-refractivity contribution is 6.31. The van der Waals surface area contributed by atoms with E-state index in [4.69, 9.17) is 11.6 Å². The third-order valence-electron chi connectivity index (χ3n) is 3.03. The van der Waals surface area contributed by atoms with Gasteiger partial charge in [-0.05, 0) is 37.5 Å². The number of aromatic hydroxyl groups is 1. The van der Waals surface area contributed by atoms with E-state index in [1.165, 1.54) is 12.1 Å². The molecule has 100 valence electrons. The molecule has 0 aliphatic carbocycles. The van der Waals surface area contributed by atoms with Gasteiger partial charge in [-0.3, -0.25) is 4.79 Å². The summed E-state index contributed by atoms with van der Waals surface area (Å²) in [6.07, 6.45) is 2.01. The van der Waals surface area contributed by atoms with Gasteiger partial charge in [-0.15, -0.1) is 0 Å². The standard InChI is InChI=1S/C14H20ClNO2/c1-4-9(2)7-10(3)16-14(18)12-8-11(15)5-6-13(12)17/h5-6,8-10,17H,4,7H2,1-3H3,(H,16,18). The highest BCUT2D eigenvalue weighted by Gasteiger charge is 2.15. The Morgan fingerprint density at radius 2 is 2.11 bits per heavy atom. The number of hydrogen-bond donors (Lipinski definition) is 2. The third kappa shape index (κ3) is 4.22. The first-order valence-corrected chi connectivity index (χ1v) is 6.61. The van der Waals surface area contributed by atoms with Crippen LogP contribution < -0.4 is 5.32 Å². The molecule has 0 aromatic heterocycles. The fourth-order valence-electron chi connectivity index (χ4n) is 1.82. The molecule has 0 heterocycles. The van der Waals surface area contributed by atoms with Gasteiger partial charge in [-0.25, -0.2) is 0 Å². The van der Waals surface area contributed by atoms with Crippen LogP contribution in [0.2, 0.25) is 5.02 Å². The molecular weight excluding hydrogens is 250 g/mol. The van der Waals surface area contributed by atoms with Crippen LogP contribution in [0, 0.1) is 5.92 Å². The van der Waals surface area contributed by atoms with E-state index >= 15 is 0 Å². The molecule has 1 aromatic carbocycles. The monoisotopic (exact) mass is 269 g/mol. The molecule has 1 amide bonds. The van der Waals surface area contributed by atoms with Crippen molar-refractivity contribution in [2.45, 2.75) is 39.7 Å². The minimum Gasteiger partial charge on any atom is -0.507 e. The van der Waals surface area contributed by atoms with Gasteiger partial charge in [0.25, 0.3) is 5.91 Å². The molecule has 3 nitrogen and oxygen atoms in total. The van der Waals surface area contributed by atoms with Crippen LogP contribution in [0.25, 0.3) is 0 Å². The zero-order chi connectivity index (χ0) is 13.7. The van der Waals surface area contributed by atoms with Crippen LogP contribution in [-0.2, 0) is 0 Å². The van der Waals surface area contributed by atoms with Gasteiger partial charge in [-0.2, -0.15) is 0 Å². The highest BCUT2D eigenvalue weighted by atomic mass is 35.5. The number of rotatable bonds is 5. The summed E-state index contributed by atoms with van der Waals surface area (Å²) in [7, 11) is 0. The van der Waals surface area contributed by atoms with Gasteiger partial charge in [0.1, 0.15) is 5.75 Å². The van der Waals surface area contributed by atoms with E-state index in [1.54, 1.807) is 6.07 Å². The quantitative estimate of drug-likeness (QED) is 0.858. The van der Waals surface area contributed by atoms with Gasteiger partial charge in [0.15, 0.2) is 0 Å². The molecule has 0 aliphatic rings. The number of halogens is 1. The van der Waals surface area contributed by atoms with E-state index in [0.29, 0.717) is 10.9 Å². The van der Waals surface area contributed by atoms with Crippen molar-refractivity contribution in [1.82, 2.24) is 5.32 Å². The summed E-state index contributed by atoms with van der Waals surface area (Å²) >= 11 is 5.81. The van der Waals surface area contributed by atoms with Crippen LogP contribution in [0.4, 0.5) is 0 Å². The van der Waals surface area contributed by atoms with Crippen LogP contribution >= 0.6 is 11.6 Å². The Morgan fingerprint density at radius 1 is 1.44 bits per heavy atom. The second-order valence-electron chi connectivity index (χ2n) is 4.79. The predicted octanol–water partition coefficient (Wildman–Crippen LogP) is 3.60. The minimum atomic E-state index is -0.286. The Bertz CT molecular complexity index is 420. The lowest BCUT2D eigenvalue weighted by Crippen LogP contribution is -2.33. The van der Waals surface area contributed by atoms with Crippen LogP contribution in [-0.4, -0.2) is 17.1 Å². The smallest absolute Gasteiger partial charge is 0.255 e. The van der Waals surface area contributed by atoms with Gasteiger partial charge in [0.05, 0.1) is 5.56 Å². The van der Waals surface area contributed by atoms with Gasteiger partial charge < -0.3 is 10.4 Å². The number of carbonyl (C=O) groups excluding carboxylic acids is 1. The summed E-state index contributed by atoms with van der Waals surface area (Å²) in [5.41, 5.74) is 0.221. The first-order valence-electron chi connectivity index (χ1n) is 6.23. The maximum absolute atomic E-state index is 12.0. The minimum absolute atomic E-state index is 0.0485. The van der Waals surface area contributed by atoms with Crippen molar-refractivity contribution in [2.75, 3.05) is 0 Å². The first-order chi connectivity index (χ1) is 8.43. The van der Waals surface area contributed by atoms with E-state index in [-0.39, 0.29) is 23.3 Å². The van der Waals surface area contributed by atoms with Gasteiger partial charge in [0.2, 0.25) is 0 Å². The second kappa shape index (κ2) is 6.64. The van der Waals surface area contributed by atoms with Crippen LogP contribution in [0.3, 0.4) is 0 Å². The topological polar surface area (TPSA) is 49.3 Å². The molecule has 2 unspecified atom stereocenters. The molecule has 1 aromatic rings. The van der Waals surface area contributed by atoms with Crippen molar-refractivity contribution in [3.05, 3.63) is 28.8 Å². The first kappa shape index (κ1) is 14.8. The Labute approximate surface area is 113 Å². The Balaban J connectivity index is 2.67. The van der Waals surface area contributed by atoms with Crippen molar-refractivity contribution < 1.29 is 9.90 Å². The van der Waals surface area contributed by atoms with E-state index in [1.807, 2.05) is 6.92 Å². The van der Waals surface area contributed by atoms with E-state index in [9.17, 15) is 9.90 Å². The maximum Gasteiger partial charge on any atom is 0.255 e. The summed E-state index contributed by atoms with van der Waals surface area (Å²) < 4.78 is 0. The molecular formula is C14H20ClNO2. The van der Waals surface area contributed by atoms with Crippen LogP contribution in [0.1, 0.15) is 44.0 Å². The van der Waals surface area contributed by atoms with Crippen molar-refractivity contribution in [3.63, 3.8) is 0 Å². The number of benzene rings is 1. The van der Waals surface area contributed by atoms with Gasteiger partial charge in [0, 0.05) is 11.1 Å². The number of phenolic OH excluding ortho intramolecular Hbond substituents is 1. The molecule has 0 spiro atoms. The predicted molar refractivity (Wildman–Crippen MR) is 74.1 cm³/mol. The molecule has 0 fully saturated rings. The lowest BCUT2D eigenvalue weighted by atomic mass is 10.00. The maximum atomic E-state index is 12.0. The van der Waals surface area contributed by atoms with E-state index < -0.39 is 0 Å². The normalized spacial score (nSPS) is 14.0. The number of nitrogens with one attached hydrogen (secondary N) is 1. The molecule has 0 radical (unpaired) electrons. The molecule has 2 atom stereocenters.